The van der Waals surface area contributed by atoms with Crippen LogP contribution in [0.25, 0.3) is 0 Å². The third kappa shape index (κ3) is 2.73. The van der Waals surface area contributed by atoms with Crippen LogP contribution in [0.4, 0.5) is 0 Å². The van der Waals surface area contributed by atoms with Gasteiger partial charge in [-0.1, -0.05) is 11.6 Å². The summed E-state index contributed by atoms with van der Waals surface area (Å²) in [5.41, 5.74) is 0. The molecule has 1 saturated heterocycles. The molecule has 7 heteroatoms. The second-order valence-corrected chi connectivity index (χ2v) is 9.03. The van der Waals surface area contributed by atoms with Crippen molar-refractivity contribution >= 4 is 9.84 Å². The molecule has 1 aromatic heterocycles. The number of nitrogens with one attached hydrogen (secondary N) is 1. The van der Waals surface area contributed by atoms with Crippen LogP contribution in [0.5, 0.6) is 0 Å². The third-order valence-corrected chi connectivity index (χ3v) is 7.01. The van der Waals surface area contributed by atoms with Crippen molar-refractivity contribution in [3.63, 3.8) is 0 Å². The molecule has 0 aromatic carbocycles. The first-order valence-electron chi connectivity index (χ1n) is 7.85. The molecule has 4 rings (SSSR count). The first-order valence-corrected chi connectivity index (χ1v) is 9.67. The average Bonchev–Trinajstić information content (AvgIpc) is 3.12. The van der Waals surface area contributed by atoms with Gasteiger partial charge in [-0.25, -0.2) is 8.42 Å². The normalized spacial score (nSPS) is 37.9. The number of aromatic nitrogens is 2. The van der Waals surface area contributed by atoms with Crippen LogP contribution >= 0.6 is 0 Å². The van der Waals surface area contributed by atoms with Gasteiger partial charge < -0.3 is 9.84 Å². The van der Waals surface area contributed by atoms with Crippen LogP contribution < -0.4 is 5.32 Å². The van der Waals surface area contributed by atoms with E-state index < -0.39 is 9.84 Å². The van der Waals surface area contributed by atoms with Gasteiger partial charge in [0.15, 0.2) is 15.7 Å². The van der Waals surface area contributed by atoms with Crippen LogP contribution in [0.15, 0.2) is 4.52 Å². The summed E-state index contributed by atoms with van der Waals surface area (Å²) in [4.78, 5) is 4.54. The summed E-state index contributed by atoms with van der Waals surface area (Å²) in [5.74, 6) is 3.85. The zero-order valence-electron chi connectivity index (χ0n) is 12.0. The maximum Gasteiger partial charge on any atom is 0.228 e. The van der Waals surface area contributed by atoms with Gasteiger partial charge in [-0.3, -0.25) is 0 Å². The van der Waals surface area contributed by atoms with Gasteiger partial charge in [-0.05, 0) is 31.1 Å². The van der Waals surface area contributed by atoms with E-state index in [0.717, 1.165) is 17.7 Å². The highest BCUT2D eigenvalue weighted by atomic mass is 32.2. The van der Waals surface area contributed by atoms with E-state index in [-0.39, 0.29) is 17.5 Å². The molecule has 21 heavy (non-hydrogen) atoms. The molecule has 1 N–H and O–H groups in total. The molecule has 4 unspecified atom stereocenters. The Hall–Kier alpha value is -0.950. The number of sulfone groups is 1. The molecule has 0 amide bonds. The number of nitrogens with zero attached hydrogens (tertiary/aromatic N) is 2. The van der Waals surface area contributed by atoms with Gasteiger partial charge in [-0.2, -0.15) is 4.98 Å². The lowest BCUT2D eigenvalue weighted by Crippen LogP contribution is -2.46. The number of fused-ring (bicyclic) bond motifs is 2. The summed E-state index contributed by atoms with van der Waals surface area (Å²) in [7, 11) is -2.92. The molecular weight excluding hydrogens is 290 g/mol. The SMILES string of the molecule is O=S1(=O)CCNC(Cc2nc(C3CC4CCC3C4)no2)C1. The van der Waals surface area contributed by atoms with Crippen molar-refractivity contribution in [1.29, 1.82) is 0 Å². The zero-order valence-corrected chi connectivity index (χ0v) is 12.8. The topological polar surface area (TPSA) is 85.1 Å². The molecule has 0 spiro atoms. The standard InChI is InChI=1S/C14H21N3O3S/c18-21(19)4-3-15-11(8-21)7-13-16-14(17-20-13)12-6-9-1-2-10(12)5-9/h9-12,15H,1-8H2. The largest absolute Gasteiger partial charge is 0.339 e. The minimum Gasteiger partial charge on any atom is -0.339 e. The fourth-order valence-corrected chi connectivity index (χ4v) is 5.72. The lowest BCUT2D eigenvalue weighted by molar-refractivity contribution is 0.342. The Labute approximate surface area is 124 Å². The van der Waals surface area contributed by atoms with Crippen molar-refractivity contribution < 1.29 is 12.9 Å². The van der Waals surface area contributed by atoms with Gasteiger partial charge in [-0.15, -0.1) is 0 Å². The van der Waals surface area contributed by atoms with E-state index in [1.165, 1.54) is 25.7 Å². The van der Waals surface area contributed by atoms with E-state index >= 15 is 0 Å². The lowest BCUT2D eigenvalue weighted by atomic mass is 9.88. The number of hydrogen-bond acceptors (Lipinski definition) is 6. The molecule has 116 valence electrons. The summed E-state index contributed by atoms with van der Waals surface area (Å²) in [6, 6.07) is -0.0999. The van der Waals surface area contributed by atoms with Crippen molar-refractivity contribution in [3.05, 3.63) is 11.7 Å². The Balaban J connectivity index is 1.43. The molecule has 0 radical (unpaired) electrons. The Morgan fingerprint density at radius 2 is 2.19 bits per heavy atom. The van der Waals surface area contributed by atoms with Crippen LogP contribution in [0.3, 0.4) is 0 Å². The maximum atomic E-state index is 11.6. The molecule has 3 aliphatic rings. The molecule has 1 aliphatic heterocycles. The van der Waals surface area contributed by atoms with Gasteiger partial charge >= 0.3 is 0 Å². The summed E-state index contributed by atoms with van der Waals surface area (Å²) >= 11 is 0. The molecule has 2 saturated carbocycles. The lowest BCUT2D eigenvalue weighted by Gasteiger charge is -2.22. The van der Waals surface area contributed by atoms with Crippen LogP contribution in [0.1, 0.15) is 43.3 Å². The van der Waals surface area contributed by atoms with Gasteiger partial charge in [0.1, 0.15) is 0 Å². The van der Waals surface area contributed by atoms with Crippen molar-refractivity contribution in [1.82, 2.24) is 15.5 Å². The zero-order chi connectivity index (χ0) is 14.4. The molecular formula is C14H21N3O3S. The van der Waals surface area contributed by atoms with Gasteiger partial charge in [0, 0.05) is 24.9 Å². The minimum atomic E-state index is -2.92. The van der Waals surface area contributed by atoms with Gasteiger partial charge in [0.25, 0.3) is 0 Å². The highest BCUT2D eigenvalue weighted by molar-refractivity contribution is 7.91. The molecule has 2 aliphatic carbocycles. The second-order valence-electron chi connectivity index (χ2n) is 6.80. The van der Waals surface area contributed by atoms with E-state index in [4.69, 9.17) is 4.52 Å². The monoisotopic (exact) mass is 311 g/mol. The maximum absolute atomic E-state index is 11.6. The van der Waals surface area contributed by atoms with Crippen molar-refractivity contribution in [3.8, 4) is 0 Å². The van der Waals surface area contributed by atoms with Crippen LogP contribution in [-0.4, -0.2) is 42.7 Å². The number of rotatable bonds is 3. The Bertz CT molecular complexity index is 627. The Morgan fingerprint density at radius 1 is 1.29 bits per heavy atom. The summed E-state index contributed by atoms with van der Waals surface area (Å²) in [6.07, 6.45) is 5.67. The third-order valence-electron chi connectivity index (χ3n) is 5.28. The first kappa shape index (κ1) is 13.7. The van der Waals surface area contributed by atoms with E-state index in [0.29, 0.717) is 24.8 Å². The predicted octanol–water partition coefficient (Wildman–Crippen LogP) is 0.902. The summed E-state index contributed by atoms with van der Waals surface area (Å²) < 4.78 is 28.7. The smallest absolute Gasteiger partial charge is 0.228 e. The minimum absolute atomic E-state index is 0.0999. The second kappa shape index (κ2) is 5.05. The molecule has 6 nitrogen and oxygen atoms in total. The van der Waals surface area contributed by atoms with Crippen molar-refractivity contribution in [2.75, 3.05) is 18.1 Å². The summed E-state index contributed by atoms with van der Waals surface area (Å²) in [5, 5.41) is 7.38. The molecule has 1 aromatic rings. The van der Waals surface area contributed by atoms with E-state index in [1.54, 1.807) is 0 Å². The Morgan fingerprint density at radius 3 is 2.90 bits per heavy atom. The quantitative estimate of drug-likeness (QED) is 0.893. The average molecular weight is 311 g/mol. The van der Waals surface area contributed by atoms with Crippen LogP contribution in [-0.2, 0) is 16.3 Å². The Kier molecular flexibility index (Phi) is 3.29. The van der Waals surface area contributed by atoms with Crippen LogP contribution in [0.2, 0.25) is 0 Å². The molecule has 4 atom stereocenters. The van der Waals surface area contributed by atoms with E-state index in [1.807, 2.05) is 0 Å². The van der Waals surface area contributed by atoms with E-state index in [9.17, 15) is 8.42 Å². The molecule has 3 fully saturated rings. The molecule has 2 bridgehead atoms. The van der Waals surface area contributed by atoms with Crippen molar-refractivity contribution in [2.24, 2.45) is 11.8 Å². The number of hydrogen-bond donors (Lipinski definition) is 1. The van der Waals surface area contributed by atoms with Gasteiger partial charge in [0.05, 0.1) is 11.5 Å². The van der Waals surface area contributed by atoms with Gasteiger partial charge in [0.2, 0.25) is 5.89 Å². The predicted molar refractivity (Wildman–Crippen MR) is 76.6 cm³/mol. The highest BCUT2D eigenvalue weighted by Gasteiger charge is 2.42. The van der Waals surface area contributed by atoms with Crippen LogP contribution in [0, 0.1) is 11.8 Å². The fourth-order valence-electron chi connectivity index (χ4n) is 4.27. The van der Waals surface area contributed by atoms with E-state index in [2.05, 4.69) is 15.5 Å². The first-order chi connectivity index (χ1) is 10.1. The van der Waals surface area contributed by atoms with Crippen molar-refractivity contribution in [2.45, 2.75) is 44.1 Å². The highest BCUT2D eigenvalue weighted by Crippen LogP contribution is 2.52. The molecule has 2 heterocycles. The summed E-state index contributed by atoms with van der Waals surface area (Å²) in [6.45, 7) is 0.514. The fraction of sp³-hybridized carbons (Fsp3) is 0.857.